The number of nitrogens with zero attached hydrogens (tertiary/aromatic N) is 4. The van der Waals surface area contributed by atoms with Crippen LogP contribution in [0.25, 0.3) is 22.0 Å². The molecule has 0 radical (unpaired) electrons. The van der Waals surface area contributed by atoms with Crippen LogP contribution in [0, 0.1) is 21.4 Å². The Balaban J connectivity index is 1.83. The van der Waals surface area contributed by atoms with Gasteiger partial charge in [0.25, 0.3) is 15.7 Å². The van der Waals surface area contributed by atoms with Crippen LogP contribution in [0.2, 0.25) is 0 Å². The number of nitriles is 1. The van der Waals surface area contributed by atoms with Crippen LogP contribution in [0.5, 0.6) is 0 Å². The number of nitro benzene ring substituents is 1. The fourth-order valence-corrected chi connectivity index (χ4v) is 4.38. The third kappa shape index (κ3) is 3.11. The number of pyridine rings is 1. The lowest BCUT2D eigenvalue weighted by atomic mass is 10.0. The summed E-state index contributed by atoms with van der Waals surface area (Å²) < 4.78 is 27.2. The molecule has 0 saturated carbocycles. The number of hydrogen-bond acceptors (Lipinski definition) is 6. The van der Waals surface area contributed by atoms with Crippen LogP contribution >= 0.6 is 0 Å². The molecule has 0 saturated heterocycles. The van der Waals surface area contributed by atoms with Crippen molar-refractivity contribution in [1.29, 1.82) is 5.26 Å². The van der Waals surface area contributed by atoms with Gasteiger partial charge in [0.1, 0.15) is 0 Å². The van der Waals surface area contributed by atoms with Crippen LogP contribution in [-0.2, 0) is 10.0 Å². The Bertz CT molecular complexity index is 1380. The molecule has 0 amide bonds. The number of nitro groups is 1. The molecule has 0 aliphatic heterocycles. The molecule has 0 fully saturated rings. The van der Waals surface area contributed by atoms with Crippen molar-refractivity contribution in [3.63, 3.8) is 0 Å². The maximum atomic E-state index is 13.1. The van der Waals surface area contributed by atoms with E-state index in [0.717, 1.165) is 27.2 Å². The predicted octanol–water partition coefficient (Wildman–Crippen LogP) is 3.72. The first-order chi connectivity index (χ1) is 13.9. The molecule has 9 heteroatoms. The van der Waals surface area contributed by atoms with Crippen LogP contribution < -0.4 is 0 Å². The Morgan fingerprint density at radius 2 is 1.69 bits per heavy atom. The summed E-state index contributed by atoms with van der Waals surface area (Å²) in [4.78, 5) is 14.3. The molecule has 0 spiro atoms. The second kappa shape index (κ2) is 6.85. The standard InChI is InChI=1S/C20H12N4O4S/c21-11-14-1-3-15(4-2-14)19-12-22-13-20-18(19)9-10-23(20)29(27,28)17-7-5-16(6-8-17)24(25)26/h1-10,12-13H. The second-order valence-electron chi connectivity index (χ2n) is 6.18. The molecule has 0 aliphatic carbocycles. The lowest BCUT2D eigenvalue weighted by molar-refractivity contribution is -0.384. The van der Waals surface area contributed by atoms with E-state index in [0.29, 0.717) is 16.5 Å². The Kier molecular flexibility index (Phi) is 4.33. The van der Waals surface area contributed by atoms with Gasteiger partial charge >= 0.3 is 0 Å². The lowest BCUT2D eigenvalue weighted by Crippen LogP contribution is -2.11. The van der Waals surface area contributed by atoms with Crippen LogP contribution in [0.15, 0.2) is 78.1 Å². The van der Waals surface area contributed by atoms with Gasteiger partial charge in [0.05, 0.1) is 33.2 Å². The monoisotopic (exact) mass is 404 g/mol. The molecule has 4 aromatic rings. The Labute approximate surface area is 165 Å². The fraction of sp³-hybridized carbons (Fsp3) is 0. The average Bonchev–Trinajstić information content (AvgIpc) is 3.19. The molecule has 0 aliphatic rings. The van der Waals surface area contributed by atoms with E-state index < -0.39 is 14.9 Å². The van der Waals surface area contributed by atoms with E-state index in [2.05, 4.69) is 11.1 Å². The highest BCUT2D eigenvalue weighted by atomic mass is 32.2. The van der Waals surface area contributed by atoms with E-state index in [-0.39, 0.29) is 10.6 Å². The fourth-order valence-electron chi connectivity index (χ4n) is 3.05. The van der Waals surface area contributed by atoms with Crippen molar-refractivity contribution in [3.05, 3.63) is 88.9 Å². The van der Waals surface area contributed by atoms with Crippen molar-refractivity contribution >= 4 is 26.6 Å². The smallest absolute Gasteiger partial charge is 0.262 e. The van der Waals surface area contributed by atoms with E-state index in [4.69, 9.17) is 5.26 Å². The van der Waals surface area contributed by atoms with Gasteiger partial charge in [0.2, 0.25) is 0 Å². The zero-order chi connectivity index (χ0) is 20.6. The van der Waals surface area contributed by atoms with Crippen molar-refractivity contribution in [3.8, 4) is 17.2 Å². The highest BCUT2D eigenvalue weighted by molar-refractivity contribution is 7.90. The van der Waals surface area contributed by atoms with E-state index in [9.17, 15) is 18.5 Å². The van der Waals surface area contributed by atoms with Crippen molar-refractivity contribution in [2.24, 2.45) is 0 Å². The molecule has 29 heavy (non-hydrogen) atoms. The number of aromatic nitrogens is 2. The maximum Gasteiger partial charge on any atom is 0.269 e. The second-order valence-corrected chi connectivity index (χ2v) is 7.99. The molecule has 2 aromatic heterocycles. The molecular formula is C20H12N4O4S. The van der Waals surface area contributed by atoms with Crippen LogP contribution in [0.4, 0.5) is 5.69 Å². The molecule has 4 rings (SSSR count). The van der Waals surface area contributed by atoms with E-state index in [1.807, 2.05) is 0 Å². The number of non-ortho nitro benzene ring substituents is 1. The van der Waals surface area contributed by atoms with E-state index >= 15 is 0 Å². The van der Waals surface area contributed by atoms with Crippen molar-refractivity contribution in [2.45, 2.75) is 4.90 Å². The third-order valence-electron chi connectivity index (χ3n) is 4.51. The van der Waals surface area contributed by atoms with Crippen molar-refractivity contribution in [2.75, 3.05) is 0 Å². The molecule has 2 heterocycles. The summed E-state index contributed by atoms with van der Waals surface area (Å²) in [7, 11) is -3.96. The molecule has 0 unspecified atom stereocenters. The van der Waals surface area contributed by atoms with Crippen LogP contribution in [0.1, 0.15) is 5.56 Å². The first-order valence-corrected chi connectivity index (χ1v) is 9.81. The molecule has 2 aromatic carbocycles. The van der Waals surface area contributed by atoms with Gasteiger partial charge in [0, 0.05) is 35.5 Å². The van der Waals surface area contributed by atoms with Gasteiger partial charge in [-0.1, -0.05) is 12.1 Å². The van der Waals surface area contributed by atoms with Crippen molar-refractivity contribution < 1.29 is 13.3 Å². The molecule has 0 N–H and O–H groups in total. The van der Waals surface area contributed by atoms with Gasteiger partial charge in [0.15, 0.2) is 0 Å². The minimum Gasteiger partial charge on any atom is -0.262 e. The minimum absolute atomic E-state index is 0.0654. The highest BCUT2D eigenvalue weighted by Crippen LogP contribution is 2.30. The molecular weight excluding hydrogens is 392 g/mol. The summed E-state index contributed by atoms with van der Waals surface area (Å²) in [6.45, 7) is 0. The minimum atomic E-state index is -3.96. The Hall–Kier alpha value is -4.03. The first-order valence-electron chi connectivity index (χ1n) is 8.37. The average molecular weight is 404 g/mol. The zero-order valence-electron chi connectivity index (χ0n) is 14.8. The quantitative estimate of drug-likeness (QED) is 0.378. The van der Waals surface area contributed by atoms with Gasteiger partial charge in [-0.05, 0) is 35.9 Å². The largest absolute Gasteiger partial charge is 0.269 e. The van der Waals surface area contributed by atoms with Crippen LogP contribution in [-0.4, -0.2) is 22.3 Å². The summed E-state index contributed by atoms with van der Waals surface area (Å²) in [6, 6.07) is 15.4. The summed E-state index contributed by atoms with van der Waals surface area (Å²) in [6.07, 6.45) is 4.51. The van der Waals surface area contributed by atoms with Gasteiger partial charge in [-0.3, -0.25) is 15.1 Å². The number of hydrogen-bond donors (Lipinski definition) is 0. The Morgan fingerprint density at radius 3 is 2.31 bits per heavy atom. The summed E-state index contributed by atoms with van der Waals surface area (Å²) in [5, 5.41) is 20.4. The zero-order valence-corrected chi connectivity index (χ0v) is 15.6. The van der Waals surface area contributed by atoms with Gasteiger partial charge < -0.3 is 0 Å². The van der Waals surface area contributed by atoms with Gasteiger partial charge in [-0.2, -0.15) is 5.26 Å². The number of fused-ring (bicyclic) bond motifs is 1. The maximum absolute atomic E-state index is 13.1. The normalized spacial score (nSPS) is 11.3. The van der Waals surface area contributed by atoms with Gasteiger partial charge in [-0.25, -0.2) is 12.4 Å². The molecule has 142 valence electrons. The third-order valence-corrected chi connectivity index (χ3v) is 6.21. The Morgan fingerprint density at radius 1 is 1.00 bits per heavy atom. The highest BCUT2D eigenvalue weighted by Gasteiger charge is 2.21. The van der Waals surface area contributed by atoms with Crippen molar-refractivity contribution in [1.82, 2.24) is 8.96 Å². The molecule has 8 nitrogen and oxygen atoms in total. The molecule has 0 atom stereocenters. The van der Waals surface area contributed by atoms with Crippen LogP contribution in [0.3, 0.4) is 0 Å². The summed E-state index contributed by atoms with van der Waals surface area (Å²) in [5.41, 5.74) is 2.24. The number of rotatable bonds is 4. The van der Waals surface area contributed by atoms with Gasteiger partial charge in [-0.15, -0.1) is 0 Å². The topological polar surface area (TPSA) is 119 Å². The summed E-state index contributed by atoms with van der Waals surface area (Å²) in [5.74, 6) is 0. The lowest BCUT2D eigenvalue weighted by Gasteiger charge is -2.08. The molecule has 0 bridgehead atoms. The number of benzene rings is 2. The van der Waals surface area contributed by atoms with E-state index in [1.54, 1.807) is 36.5 Å². The first kappa shape index (κ1) is 18.3. The van der Waals surface area contributed by atoms with E-state index in [1.165, 1.54) is 24.5 Å². The summed E-state index contributed by atoms with van der Waals surface area (Å²) >= 11 is 0. The predicted molar refractivity (Wildman–Crippen MR) is 106 cm³/mol. The SMILES string of the molecule is N#Cc1ccc(-c2cncc3c2ccn3S(=O)(=O)c2ccc([N+](=O)[O-])cc2)cc1.